The largest absolute Gasteiger partial charge is 0.241 e. The van der Waals surface area contributed by atoms with E-state index in [1.54, 1.807) is 0 Å². The molecule has 0 heterocycles. The lowest BCUT2D eigenvalue weighted by molar-refractivity contribution is -0.00810. The van der Waals surface area contributed by atoms with Crippen molar-refractivity contribution < 1.29 is 16.8 Å². The quantitative estimate of drug-likeness (QED) is 0.810. The van der Waals surface area contributed by atoms with E-state index in [9.17, 15) is 16.8 Å². The summed E-state index contributed by atoms with van der Waals surface area (Å²) in [6, 6.07) is 5.56. The summed E-state index contributed by atoms with van der Waals surface area (Å²) in [4.78, 5) is -0.0250. The van der Waals surface area contributed by atoms with Crippen LogP contribution in [0, 0.1) is 17.8 Å². The first-order valence-corrected chi connectivity index (χ1v) is 11.8. The molecule has 8 heteroatoms. The average molecular weight is 385 g/mol. The summed E-state index contributed by atoms with van der Waals surface area (Å²) in [5, 5.41) is 0. The van der Waals surface area contributed by atoms with Gasteiger partial charge in [-0.15, -0.1) is 0 Å². The van der Waals surface area contributed by atoms with Crippen LogP contribution in [-0.4, -0.2) is 29.4 Å². The second-order valence-corrected chi connectivity index (χ2v) is 11.6. The highest BCUT2D eigenvalue weighted by molar-refractivity contribution is 7.90. The molecular weight excluding hydrogens is 360 g/mol. The van der Waals surface area contributed by atoms with Crippen LogP contribution < -0.4 is 9.44 Å². The summed E-state index contributed by atoms with van der Waals surface area (Å²) in [6.45, 7) is 0. The van der Waals surface area contributed by atoms with Gasteiger partial charge in [0.1, 0.15) is 0 Å². The highest BCUT2D eigenvalue weighted by atomic mass is 32.2. The maximum absolute atomic E-state index is 13.0. The van der Waals surface area contributed by atoms with Crippen molar-refractivity contribution in [1.82, 2.24) is 9.44 Å². The second-order valence-electron chi connectivity index (χ2n) is 7.99. The van der Waals surface area contributed by atoms with Crippen LogP contribution in [-0.2, 0) is 20.0 Å². The van der Waals surface area contributed by atoms with E-state index in [1.807, 2.05) is 0 Å². The van der Waals surface area contributed by atoms with Crippen LogP contribution in [0.4, 0.5) is 0 Å². The Morgan fingerprint density at radius 2 is 1.36 bits per heavy atom. The van der Waals surface area contributed by atoms with Gasteiger partial charge in [0.15, 0.2) is 0 Å². The molecule has 4 saturated carbocycles. The lowest BCUT2D eigenvalue weighted by Crippen LogP contribution is -2.59. The Labute approximate surface area is 149 Å². The maximum Gasteiger partial charge on any atom is 0.241 e. The fourth-order valence-electron chi connectivity index (χ4n) is 5.51. The predicted octanol–water partition coefficient (Wildman–Crippen LogP) is 1.84. The third-order valence-electron chi connectivity index (χ3n) is 6.08. The number of hydrogen-bond donors (Lipinski definition) is 2. The number of nitrogens with one attached hydrogen (secondary N) is 2. The molecule has 2 N–H and O–H groups in total. The lowest BCUT2D eigenvalue weighted by atomic mass is 9.53. The Hall–Kier alpha value is -0.960. The monoisotopic (exact) mass is 384 g/mol. The van der Waals surface area contributed by atoms with Crippen molar-refractivity contribution in [2.75, 3.05) is 7.05 Å². The van der Waals surface area contributed by atoms with E-state index in [1.165, 1.54) is 50.6 Å². The second kappa shape index (κ2) is 5.77. The van der Waals surface area contributed by atoms with Gasteiger partial charge in [-0.2, -0.15) is 0 Å². The highest BCUT2D eigenvalue weighted by Crippen LogP contribution is 2.55. The summed E-state index contributed by atoms with van der Waals surface area (Å²) >= 11 is 0. The van der Waals surface area contributed by atoms with Gasteiger partial charge in [-0.3, -0.25) is 0 Å². The van der Waals surface area contributed by atoms with E-state index >= 15 is 0 Å². The maximum atomic E-state index is 13.0. The summed E-state index contributed by atoms with van der Waals surface area (Å²) < 4.78 is 55.0. The van der Waals surface area contributed by atoms with Crippen LogP contribution in [0.5, 0.6) is 0 Å². The van der Waals surface area contributed by atoms with Gasteiger partial charge in [-0.25, -0.2) is 26.3 Å². The van der Waals surface area contributed by atoms with Crippen LogP contribution in [0.15, 0.2) is 34.1 Å². The van der Waals surface area contributed by atoms with Crippen LogP contribution in [0.25, 0.3) is 0 Å². The summed E-state index contributed by atoms with van der Waals surface area (Å²) in [5.74, 6) is 1.89. The first-order valence-electron chi connectivity index (χ1n) is 8.79. The standard InChI is InChI=1S/C17H24N2O4S2/c1-18-24(20,21)15-3-2-4-16(8-15)25(22,23)19-17-9-12-5-13(10-17)7-14(6-12)11-17/h2-4,8,12-14,18-19H,5-7,9-11H2,1H3. The van der Waals surface area contributed by atoms with Gasteiger partial charge in [0, 0.05) is 5.54 Å². The minimum Gasteiger partial charge on any atom is -0.214 e. The highest BCUT2D eigenvalue weighted by Gasteiger charge is 2.52. The van der Waals surface area contributed by atoms with E-state index in [-0.39, 0.29) is 15.3 Å². The number of sulfonamides is 2. The van der Waals surface area contributed by atoms with Crippen molar-refractivity contribution in [2.45, 2.75) is 53.9 Å². The van der Waals surface area contributed by atoms with Crippen molar-refractivity contribution in [2.24, 2.45) is 17.8 Å². The Bertz CT molecular complexity index is 858. The average Bonchev–Trinajstić information content (AvgIpc) is 2.52. The topological polar surface area (TPSA) is 92.3 Å². The molecule has 4 fully saturated rings. The third kappa shape index (κ3) is 3.13. The van der Waals surface area contributed by atoms with Crippen molar-refractivity contribution >= 4 is 20.0 Å². The van der Waals surface area contributed by atoms with Crippen LogP contribution in [0.3, 0.4) is 0 Å². The molecule has 4 aliphatic rings. The molecule has 4 bridgehead atoms. The van der Waals surface area contributed by atoms with E-state index in [2.05, 4.69) is 9.44 Å². The summed E-state index contributed by atoms with van der Waals surface area (Å²) in [6.07, 6.45) is 6.43. The van der Waals surface area contributed by atoms with E-state index in [4.69, 9.17) is 0 Å². The number of hydrogen-bond acceptors (Lipinski definition) is 4. The molecule has 0 aromatic heterocycles. The zero-order valence-electron chi connectivity index (χ0n) is 14.2. The first kappa shape index (κ1) is 17.5. The molecular formula is C17H24N2O4S2. The molecule has 4 aliphatic carbocycles. The fraction of sp³-hybridized carbons (Fsp3) is 0.647. The lowest BCUT2D eigenvalue weighted by Gasteiger charge is -2.56. The molecule has 0 unspecified atom stereocenters. The van der Waals surface area contributed by atoms with E-state index < -0.39 is 20.0 Å². The summed E-state index contributed by atoms with van der Waals surface area (Å²) in [5.41, 5.74) is -0.342. The molecule has 6 nitrogen and oxygen atoms in total. The van der Waals surface area contributed by atoms with E-state index in [0.717, 1.165) is 19.3 Å². The third-order valence-corrected chi connectivity index (χ3v) is 9.07. The molecule has 138 valence electrons. The molecule has 5 rings (SSSR count). The number of rotatable bonds is 5. The normalized spacial score (nSPS) is 34.4. The smallest absolute Gasteiger partial charge is 0.214 e. The van der Waals surface area contributed by atoms with Crippen LogP contribution >= 0.6 is 0 Å². The van der Waals surface area contributed by atoms with Gasteiger partial charge in [0.25, 0.3) is 0 Å². The minimum atomic E-state index is -3.76. The SMILES string of the molecule is CNS(=O)(=O)c1cccc(S(=O)(=O)NC23CC4CC(CC(C4)C2)C3)c1. The zero-order chi connectivity index (χ0) is 17.9. The van der Waals surface area contributed by atoms with Gasteiger partial charge < -0.3 is 0 Å². The van der Waals surface area contributed by atoms with Gasteiger partial charge in [0.2, 0.25) is 20.0 Å². The zero-order valence-corrected chi connectivity index (χ0v) is 15.9. The molecule has 1 aromatic carbocycles. The minimum absolute atomic E-state index is 0.0135. The summed E-state index contributed by atoms with van der Waals surface area (Å²) in [7, 11) is -6.12. The van der Waals surface area contributed by atoms with Crippen LogP contribution in [0.1, 0.15) is 38.5 Å². The van der Waals surface area contributed by atoms with Gasteiger partial charge in [-0.05, 0) is 81.5 Å². The molecule has 0 aliphatic heterocycles. The first-order chi connectivity index (χ1) is 11.7. The van der Waals surface area contributed by atoms with Crippen molar-refractivity contribution in [3.8, 4) is 0 Å². The van der Waals surface area contributed by atoms with Crippen LogP contribution in [0.2, 0.25) is 0 Å². The number of benzene rings is 1. The fourth-order valence-corrected chi connectivity index (χ4v) is 7.83. The molecule has 0 amide bonds. The molecule has 1 aromatic rings. The molecule has 0 saturated heterocycles. The predicted molar refractivity (Wildman–Crippen MR) is 93.9 cm³/mol. The van der Waals surface area contributed by atoms with Crippen molar-refractivity contribution in [1.29, 1.82) is 0 Å². The molecule has 25 heavy (non-hydrogen) atoms. The van der Waals surface area contributed by atoms with E-state index in [0.29, 0.717) is 17.8 Å². The van der Waals surface area contributed by atoms with Crippen molar-refractivity contribution in [3.05, 3.63) is 24.3 Å². The van der Waals surface area contributed by atoms with Crippen molar-refractivity contribution in [3.63, 3.8) is 0 Å². The Morgan fingerprint density at radius 1 is 0.880 bits per heavy atom. The Balaban J connectivity index is 1.64. The molecule has 0 spiro atoms. The van der Waals surface area contributed by atoms with Gasteiger partial charge in [-0.1, -0.05) is 6.07 Å². The van der Waals surface area contributed by atoms with Gasteiger partial charge in [0.05, 0.1) is 9.79 Å². The molecule has 0 radical (unpaired) electrons. The Morgan fingerprint density at radius 3 is 1.84 bits per heavy atom. The Kier molecular flexibility index (Phi) is 4.03. The van der Waals surface area contributed by atoms with Gasteiger partial charge >= 0.3 is 0 Å². The molecule has 0 atom stereocenters.